The summed E-state index contributed by atoms with van der Waals surface area (Å²) in [5.41, 5.74) is -0.586. The number of nitrogens with zero attached hydrogens (tertiary/aromatic N) is 1. The molecule has 2 rings (SSSR count). The van der Waals surface area contributed by atoms with E-state index in [1.54, 1.807) is 24.4 Å². The molecule has 0 saturated carbocycles. The summed E-state index contributed by atoms with van der Waals surface area (Å²) < 4.78 is 5.15. The van der Waals surface area contributed by atoms with Gasteiger partial charge in [0.1, 0.15) is 5.54 Å². The fraction of sp³-hybridized carbons (Fsp3) is 0.462. The molecule has 1 saturated heterocycles. The Balaban J connectivity index is 2.01. The fourth-order valence-corrected chi connectivity index (χ4v) is 2.09. The molecule has 0 aliphatic carbocycles. The third kappa shape index (κ3) is 3.29. The van der Waals surface area contributed by atoms with Gasteiger partial charge in [-0.3, -0.25) is 9.78 Å². The Bertz CT molecular complexity index is 455. The monoisotopic (exact) mass is 264 g/mol. The average Bonchev–Trinajstić information content (AvgIpc) is 2.40. The summed E-state index contributed by atoms with van der Waals surface area (Å²) in [5.74, 6) is -1.34. The number of carbonyl (C=O) groups excluding carboxylic acids is 1. The molecule has 1 aromatic heterocycles. The van der Waals surface area contributed by atoms with Crippen molar-refractivity contribution in [3.63, 3.8) is 0 Å². The van der Waals surface area contributed by atoms with E-state index in [0.717, 1.165) is 0 Å². The zero-order chi connectivity index (χ0) is 13.7. The van der Waals surface area contributed by atoms with Gasteiger partial charge in [-0.05, 0) is 12.1 Å². The highest BCUT2D eigenvalue weighted by Gasteiger charge is 2.41. The van der Waals surface area contributed by atoms with Gasteiger partial charge >= 0.3 is 5.97 Å². The molecule has 1 aliphatic heterocycles. The van der Waals surface area contributed by atoms with E-state index in [9.17, 15) is 14.7 Å². The summed E-state index contributed by atoms with van der Waals surface area (Å²) in [6.45, 7) is 0.687. The van der Waals surface area contributed by atoms with E-state index in [4.69, 9.17) is 4.74 Å². The van der Waals surface area contributed by atoms with Gasteiger partial charge in [0.2, 0.25) is 5.91 Å². The Kier molecular flexibility index (Phi) is 4.11. The van der Waals surface area contributed by atoms with E-state index in [1.807, 2.05) is 0 Å². The Morgan fingerprint density at radius 1 is 1.37 bits per heavy atom. The SMILES string of the molecule is O=C(Cc1ccccn1)NC1(C(=O)O)CCOCC1. The van der Waals surface area contributed by atoms with Gasteiger partial charge in [-0.25, -0.2) is 4.79 Å². The van der Waals surface area contributed by atoms with Gasteiger partial charge in [0.15, 0.2) is 0 Å². The van der Waals surface area contributed by atoms with Crippen molar-refractivity contribution in [1.82, 2.24) is 10.3 Å². The lowest BCUT2D eigenvalue weighted by atomic mass is 9.90. The number of carboxylic acid groups (broad SMARTS) is 1. The van der Waals surface area contributed by atoms with Gasteiger partial charge in [0, 0.05) is 37.9 Å². The van der Waals surface area contributed by atoms with E-state index < -0.39 is 11.5 Å². The van der Waals surface area contributed by atoms with Crippen molar-refractivity contribution in [3.05, 3.63) is 30.1 Å². The molecule has 102 valence electrons. The minimum atomic E-state index is -1.20. The first kappa shape index (κ1) is 13.5. The molecule has 2 heterocycles. The van der Waals surface area contributed by atoms with Crippen LogP contribution < -0.4 is 5.32 Å². The second-order valence-electron chi connectivity index (χ2n) is 4.55. The molecule has 1 fully saturated rings. The van der Waals surface area contributed by atoms with Crippen molar-refractivity contribution >= 4 is 11.9 Å². The van der Waals surface area contributed by atoms with Gasteiger partial charge in [0.25, 0.3) is 0 Å². The number of rotatable bonds is 4. The number of ether oxygens (including phenoxy) is 1. The van der Waals surface area contributed by atoms with Crippen molar-refractivity contribution in [1.29, 1.82) is 0 Å². The lowest BCUT2D eigenvalue weighted by Gasteiger charge is -2.33. The third-order valence-corrected chi connectivity index (χ3v) is 3.20. The zero-order valence-corrected chi connectivity index (χ0v) is 10.5. The largest absolute Gasteiger partial charge is 0.480 e. The molecular weight excluding hydrogens is 248 g/mol. The predicted molar refractivity (Wildman–Crippen MR) is 66.5 cm³/mol. The highest BCUT2D eigenvalue weighted by atomic mass is 16.5. The highest BCUT2D eigenvalue weighted by Crippen LogP contribution is 2.21. The first-order valence-corrected chi connectivity index (χ1v) is 6.14. The summed E-state index contributed by atoms with van der Waals surface area (Å²) in [4.78, 5) is 27.4. The minimum Gasteiger partial charge on any atom is -0.480 e. The summed E-state index contributed by atoms with van der Waals surface area (Å²) >= 11 is 0. The number of pyridine rings is 1. The van der Waals surface area contributed by atoms with Crippen LogP contribution >= 0.6 is 0 Å². The molecular formula is C13H16N2O4. The second-order valence-corrected chi connectivity index (χ2v) is 4.55. The van der Waals surface area contributed by atoms with Gasteiger partial charge in [-0.15, -0.1) is 0 Å². The van der Waals surface area contributed by atoms with Crippen LogP contribution in [0.3, 0.4) is 0 Å². The van der Waals surface area contributed by atoms with Crippen molar-refractivity contribution in [3.8, 4) is 0 Å². The molecule has 0 radical (unpaired) electrons. The van der Waals surface area contributed by atoms with Crippen LogP contribution in [0, 0.1) is 0 Å². The third-order valence-electron chi connectivity index (χ3n) is 3.20. The zero-order valence-electron chi connectivity index (χ0n) is 10.5. The van der Waals surface area contributed by atoms with E-state index in [-0.39, 0.29) is 25.2 Å². The summed E-state index contributed by atoms with van der Waals surface area (Å²) in [5, 5.41) is 11.9. The number of nitrogens with one attached hydrogen (secondary N) is 1. The number of hydrogen-bond acceptors (Lipinski definition) is 4. The minimum absolute atomic E-state index is 0.0801. The fourth-order valence-electron chi connectivity index (χ4n) is 2.09. The second kappa shape index (κ2) is 5.79. The van der Waals surface area contributed by atoms with Crippen molar-refractivity contribution in [2.75, 3.05) is 13.2 Å². The van der Waals surface area contributed by atoms with Gasteiger partial charge in [-0.1, -0.05) is 6.07 Å². The van der Waals surface area contributed by atoms with E-state index >= 15 is 0 Å². The van der Waals surface area contributed by atoms with Gasteiger partial charge < -0.3 is 15.2 Å². The topological polar surface area (TPSA) is 88.5 Å². The molecule has 2 N–H and O–H groups in total. The highest BCUT2D eigenvalue weighted by molar-refractivity contribution is 5.87. The Hall–Kier alpha value is -1.95. The number of hydrogen-bond donors (Lipinski definition) is 2. The lowest BCUT2D eigenvalue weighted by molar-refractivity contribution is -0.152. The van der Waals surface area contributed by atoms with Crippen LogP contribution in [0.2, 0.25) is 0 Å². The molecule has 1 amide bonds. The number of amides is 1. The molecule has 0 spiro atoms. The van der Waals surface area contributed by atoms with Crippen molar-refractivity contribution < 1.29 is 19.4 Å². The molecule has 6 heteroatoms. The van der Waals surface area contributed by atoms with Crippen LogP contribution in [0.4, 0.5) is 0 Å². The molecule has 0 unspecified atom stereocenters. The lowest BCUT2D eigenvalue weighted by Crippen LogP contribution is -2.57. The number of carboxylic acids is 1. The van der Waals surface area contributed by atoms with Crippen LogP contribution in [0.15, 0.2) is 24.4 Å². The quantitative estimate of drug-likeness (QED) is 0.820. The molecule has 6 nitrogen and oxygen atoms in total. The van der Waals surface area contributed by atoms with E-state index in [1.165, 1.54) is 0 Å². The maximum Gasteiger partial charge on any atom is 0.329 e. The molecule has 1 aromatic rings. The normalized spacial score (nSPS) is 17.7. The van der Waals surface area contributed by atoms with Crippen LogP contribution in [0.5, 0.6) is 0 Å². The molecule has 0 bridgehead atoms. The molecule has 19 heavy (non-hydrogen) atoms. The Morgan fingerprint density at radius 2 is 2.11 bits per heavy atom. The average molecular weight is 264 g/mol. The Morgan fingerprint density at radius 3 is 2.68 bits per heavy atom. The maximum absolute atomic E-state index is 11.9. The van der Waals surface area contributed by atoms with Gasteiger partial charge in [-0.2, -0.15) is 0 Å². The standard InChI is InChI=1S/C13H16N2O4/c16-11(9-10-3-1-2-6-14-10)15-13(12(17)18)4-7-19-8-5-13/h1-3,6H,4-5,7-9H2,(H,15,16)(H,17,18). The summed E-state index contributed by atoms with van der Waals surface area (Å²) in [6.07, 6.45) is 2.26. The van der Waals surface area contributed by atoms with Crippen LogP contribution in [0.1, 0.15) is 18.5 Å². The number of aromatic nitrogens is 1. The summed E-state index contributed by atoms with van der Waals surface area (Å²) in [6, 6.07) is 5.28. The maximum atomic E-state index is 11.9. The smallest absolute Gasteiger partial charge is 0.329 e. The van der Waals surface area contributed by atoms with Crippen LogP contribution in [-0.4, -0.2) is 40.7 Å². The van der Waals surface area contributed by atoms with Gasteiger partial charge in [0.05, 0.1) is 6.42 Å². The summed E-state index contributed by atoms with van der Waals surface area (Å²) in [7, 11) is 0. The molecule has 1 aliphatic rings. The number of carbonyl (C=O) groups is 2. The van der Waals surface area contributed by atoms with Crippen LogP contribution in [-0.2, 0) is 20.7 Å². The van der Waals surface area contributed by atoms with E-state index in [0.29, 0.717) is 18.9 Å². The van der Waals surface area contributed by atoms with Crippen molar-refractivity contribution in [2.45, 2.75) is 24.8 Å². The van der Waals surface area contributed by atoms with Crippen LogP contribution in [0.25, 0.3) is 0 Å². The number of aliphatic carboxylic acids is 1. The van der Waals surface area contributed by atoms with Crippen molar-refractivity contribution in [2.24, 2.45) is 0 Å². The first-order valence-electron chi connectivity index (χ1n) is 6.14. The predicted octanol–water partition coefficient (Wildman–Crippen LogP) is 0.374. The molecule has 0 atom stereocenters. The first-order chi connectivity index (χ1) is 9.12. The molecule has 0 aromatic carbocycles. The van der Waals surface area contributed by atoms with E-state index in [2.05, 4.69) is 10.3 Å². The Labute approximate surface area is 110 Å².